The zero-order valence-electron chi connectivity index (χ0n) is 67.0. The Balaban J connectivity index is 0.0000000922. The van der Waals surface area contributed by atoms with Gasteiger partial charge >= 0.3 is 0 Å². The third-order valence-electron chi connectivity index (χ3n) is 26.2. The van der Waals surface area contributed by atoms with Crippen molar-refractivity contribution >= 4 is 180 Å². The van der Waals surface area contributed by atoms with Crippen molar-refractivity contribution in [2.45, 2.75) is 0 Å². The van der Waals surface area contributed by atoms with Gasteiger partial charge in [-0.3, -0.25) is 0 Å². The van der Waals surface area contributed by atoms with Crippen LogP contribution >= 0.6 is 0 Å². The van der Waals surface area contributed by atoms with Gasteiger partial charge in [0, 0.05) is 87.9 Å². The van der Waals surface area contributed by atoms with Crippen molar-refractivity contribution < 1.29 is 0 Å². The summed E-state index contributed by atoms with van der Waals surface area (Å²) in [5.41, 5.74) is 39.5. The molecule has 0 saturated carbocycles. The molecule has 0 unspecified atom stereocenters. The minimum absolute atomic E-state index is 0.230. The fourth-order valence-corrected chi connectivity index (χ4v) is 21.2. The van der Waals surface area contributed by atoms with Crippen LogP contribution in [0.5, 0.6) is 0 Å². The van der Waals surface area contributed by atoms with E-state index in [2.05, 4.69) is 479 Å². The third-order valence-corrected chi connectivity index (χ3v) is 26.2. The Morgan fingerprint density at radius 3 is 0.861 bits per heavy atom. The lowest BCUT2D eigenvalue weighted by Crippen LogP contribution is -2.55. The van der Waals surface area contributed by atoms with Gasteiger partial charge in [0.15, 0.2) is 0 Å². The van der Waals surface area contributed by atoms with Gasteiger partial charge in [-0.15, -0.1) is 0 Å². The van der Waals surface area contributed by atoms with E-state index in [1.807, 2.05) is 0 Å². The van der Waals surface area contributed by atoms with Crippen LogP contribution in [-0.4, -0.2) is 45.1 Å². The normalized spacial score (nSPS) is 12.4. The van der Waals surface area contributed by atoms with Gasteiger partial charge in [0.25, 0.3) is 0 Å². The first kappa shape index (κ1) is 70.8. The van der Waals surface area contributed by atoms with E-state index in [0.717, 1.165) is 0 Å². The molecule has 0 amide bonds. The average Bonchev–Trinajstić information content (AvgIpc) is 0.948. The first-order valence-electron chi connectivity index (χ1n) is 42.6. The maximum Gasteiger partial charge on any atom is 0.246 e. The molecular weight excluding hydrogens is 1470 g/mol. The smallest absolute Gasteiger partial charge is 0.246 e. The molecule has 8 heterocycles. The van der Waals surface area contributed by atoms with Gasteiger partial charge in [0.1, 0.15) is 0 Å². The maximum absolute atomic E-state index is 2.49. The summed E-state index contributed by atoms with van der Waals surface area (Å²) >= 11 is 0. The molecule has 27 rings (SSSR count). The number of rotatable bonds is 7. The lowest BCUT2D eigenvalue weighted by atomic mass is 9.35. The fourth-order valence-electron chi connectivity index (χ4n) is 21.2. The van der Waals surface area contributed by atoms with E-state index in [0.29, 0.717) is 0 Å². The SMILES string of the molecule is c1ccc(B2c3ccccc3-n3c4cc(-c5ccccc5)ccc4c4cccc2c43)cc1.c1ccc(B2c3ccccc3-n3c4ccc(-c5ccccc5)cc4c4cccc2c43)cc1.c1ccc(B2c3ccccc3-n3c4cccc(-c5ccccc5)c4c4cccc2c43)cc1.c1ccc(B2c3ccccc3-n3c4ccccc4c4cccc2c43)cc1. The number of hydrogen-bond donors (Lipinski definition) is 0. The summed E-state index contributed by atoms with van der Waals surface area (Å²) in [6.45, 7) is 0.976. The van der Waals surface area contributed by atoms with Crippen LogP contribution in [0.25, 0.3) is 143 Å². The van der Waals surface area contributed by atoms with E-state index in [1.54, 1.807) is 0 Å². The highest BCUT2D eigenvalue weighted by atomic mass is 15.0. The number of para-hydroxylation sites is 9. The van der Waals surface area contributed by atoms with Crippen molar-refractivity contribution in [2.75, 3.05) is 0 Å². The van der Waals surface area contributed by atoms with E-state index in [-0.39, 0.29) is 26.9 Å². The van der Waals surface area contributed by atoms with Gasteiger partial charge in [0.2, 0.25) is 26.9 Å². The van der Waals surface area contributed by atoms with Gasteiger partial charge in [-0.05, 0) is 132 Å². The molecule has 0 atom stereocenters. The highest BCUT2D eigenvalue weighted by Gasteiger charge is 2.38. The molecule has 564 valence electrons. The highest BCUT2D eigenvalue weighted by Crippen LogP contribution is 2.42. The third kappa shape index (κ3) is 11.3. The highest BCUT2D eigenvalue weighted by molar-refractivity contribution is 7.00. The molecule has 122 heavy (non-hydrogen) atoms. The lowest BCUT2D eigenvalue weighted by Gasteiger charge is -2.27. The van der Waals surface area contributed by atoms with Crippen LogP contribution in [0.1, 0.15) is 0 Å². The molecule has 0 radical (unpaired) electrons. The molecule has 0 fully saturated rings. The second-order valence-electron chi connectivity index (χ2n) is 32.7. The van der Waals surface area contributed by atoms with E-state index in [4.69, 9.17) is 0 Å². The molecule has 0 saturated heterocycles. The number of fused-ring (bicyclic) bond motifs is 20. The monoisotopic (exact) mass is 1540 g/mol. The minimum Gasteiger partial charge on any atom is -0.310 e. The van der Waals surface area contributed by atoms with Crippen LogP contribution in [0.3, 0.4) is 0 Å². The van der Waals surface area contributed by atoms with Crippen molar-refractivity contribution in [1.82, 2.24) is 18.3 Å². The van der Waals surface area contributed by atoms with Crippen LogP contribution < -0.4 is 65.6 Å². The molecule has 0 N–H and O–H groups in total. The molecule has 4 aliphatic rings. The molecule has 0 bridgehead atoms. The summed E-state index contributed by atoms with van der Waals surface area (Å²) in [4.78, 5) is 0. The first-order chi connectivity index (χ1) is 60.6. The molecule has 4 aromatic heterocycles. The minimum atomic E-state index is 0.230. The first-order valence-corrected chi connectivity index (χ1v) is 42.6. The van der Waals surface area contributed by atoms with Gasteiger partial charge in [-0.2, -0.15) is 0 Å². The topological polar surface area (TPSA) is 19.7 Å². The second kappa shape index (κ2) is 29.3. The van der Waals surface area contributed by atoms with Crippen LogP contribution in [0.4, 0.5) is 0 Å². The van der Waals surface area contributed by atoms with Crippen molar-refractivity contribution in [3.05, 3.63) is 461 Å². The van der Waals surface area contributed by atoms with E-state index in [1.165, 1.54) is 209 Å². The van der Waals surface area contributed by atoms with Crippen LogP contribution in [0, 0.1) is 0 Å². The molecule has 0 aliphatic carbocycles. The lowest BCUT2D eigenvalue weighted by molar-refractivity contribution is 1.19. The molecular formula is C114H76B4N4. The Morgan fingerprint density at radius 1 is 0.148 bits per heavy atom. The van der Waals surface area contributed by atoms with E-state index < -0.39 is 0 Å². The fraction of sp³-hybridized carbons (Fsp3) is 0. The quantitative estimate of drug-likeness (QED) is 0.142. The standard InChI is InChI=1S/3C30H20BN.C24H16BN/c1-3-11-21(12-4-1)23-15-10-20-28-29(23)24-16-9-18-26-30(24)32(28)27-19-8-7-17-25(27)31(26)22-13-5-2-6-14-22;1-3-10-21(11-4-1)22-18-19-24-25-14-9-16-27-30(25)32(29(24)20-22)28-17-8-7-15-26(28)31(27)23-12-5-2-6-13-23;1-3-10-21(11-4-1)22-18-19-28-25(20-22)24-14-9-16-27-30(24)32(28)29-17-8-7-15-26(29)31(27)23-12-5-2-6-13-23;1-2-9-17(10-3-1)25-20-13-5-7-16-23(20)26-22-15-6-4-11-18(22)19-12-8-14-21(25)24(19)26/h3*1-20H;1-16H. The molecule has 23 aromatic rings. The van der Waals surface area contributed by atoms with Gasteiger partial charge < -0.3 is 18.3 Å². The number of aromatic nitrogens is 4. The zero-order valence-corrected chi connectivity index (χ0v) is 67.0. The summed E-state index contributed by atoms with van der Waals surface area (Å²) in [7, 11) is 0. The average molecular weight is 1550 g/mol. The maximum atomic E-state index is 2.49. The largest absolute Gasteiger partial charge is 0.310 e. The Labute approximate surface area is 710 Å². The Hall–Kier alpha value is -15.4. The number of hydrogen-bond acceptors (Lipinski definition) is 0. The van der Waals surface area contributed by atoms with Crippen LogP contribution in [0.15, 0.2) is 461 Å². The van der Waals surface area contributed by atoms with Crippen molar-refractivity contribution in [1.29, 1.82) is 0 Å². The van der Waals surface area contributed by atoms with Gasteiger partial charge in [-0.25, -0.2) is 0 Å². The summed E-state index contributed by atoms with van der Waals surface area (Å²) < 4.78 is 9.90. The van der Waals surface area contributed by atoms with Gasteiger partial charge in [-0.1, -0.05) is 428 Å². The molecule has 19 aromatic carbocycles. The predicted molar refractivity (Wildman–Crippen MR) is 524 cm³/mol. The second-order valence-corrected chi connectivity index (χ2v) is 32.7. The molecule has 0 spiro atoms. The van der Waals surface area contributed by atoms with Gasteiger partial charge in [0.05, 0.1) is 22.1 Å². The summed E-state index contributed by atoms with van der Waals surface area (Å²) in [5, 5.41) is 10.6. The van der Waals surface area contributed by atoms with Crippen molar-refractivity contribution in [3.63, 3.8) is 0 Å². The number of nitrogens with zero attached hydrogens (tertiary/aromatic N) is 4. The predicted octanol–water partition coefficient (Wildman–Crippen LogP) is 19.5. The van der Waals surface area contributed by atoms with Crippen molar-refractivity contribution in [2.24, 2.45) is 0 Å². The molecule has 4 nitrogen and oxygen atoms in total. The Bertz CT molecular complexity index is 7930. The van der Waals surface area contributed by atoms with Crippen LogP contribution in [-0.2, 0) is 0 Å². The van der Waals surface area contributed by atoms with E-state index >= 15 is 0 Å². The Morgan fingerprint density at radius 2 is 0.426 bits per heavy atom. The molecule has 4 aliphatic heterocycles. The van der Waals surface area contributed by atoms with Crippen LogP contribution in [0.2, 0.25) is 0 Å². The van der Waals surface area contributed by atoms with Crippen molar-refractivity contribution in [3.8, 4) is 56.1 Å². The zero-order chi connectivity index (χ0) is 80.3. The Kier molecular flexibility index (Phi) is 17.0. The van der Waals surface area contributed by atoms with E-state index in [9.17, 15) is 0 Å². The summed E-state index contributed by atoms with van der Waals surface area (Å²) in [5.74, 6) is 0. The summed E-state index contributed by atoms with van der Waals surface area (Å²) in [6, 6.07) is 168. The molecule has 8 heteroatoms. The number of benzene rings is 19. The summed E-state index contributed by atoms with van der Waals surface area (Å²) in [6.07, 6.45) is 0.